The second-order valence-corrected chi connectivity index (χ2v) is 5.80. The van der Waals surface area contributed by atoms with E-state index >= 15 is 0 Å². The number of carbonyl (C=O) groups excluding carboxylic acids is 1. The molecule has 0 aliphatic rings. The molecular formula is C18H21N5O. The smallest absolute Gasteiger partial charge is 0.224 e. The van der Waals surface area contributed by atoms with E-state index in [0.29, 0.717) is 12.8 Å². The SMILES string of the molecule is Cn1cc(CCC(=O)Nc2cnn(CCc3ccccc3)c2)cn1. The fourth-order valence-electron chi connectivity index (χ4n) is 2.52. The Balaban J connectivity index is 1.45. The molecular weight excluding hydrogens is 302 g/mol. The molecule has 0 atom stereocenters. The second kappa shape index (κ2) is 7.59. The maximum atomic E-state index is 12.0. The van der Waals surface area contributed by atoms with Crippen molar-refractivity contribution < 1.29 is 4.79 Å². The van der Waals surface area contributed by atoms with Crippen molar-refractivity contribution >= 4 is 11.6 Å². The van der Waals surface area contributed by atoms with Gasteiger partial charge in [-0.3, -0.25) is 14.2 Å². The molecule has 24 heavy (non-hydrogen) atoms. The van der Waals surface area contributed by atoms with Gasteiger partial charge in [0.1, 0.15) is 0 Å². The van der Waals surface area contributed by atoms with E-state index in [1.165, 1.54) is 5.56 Å². The Hall–Kier alpha value is -2.89. The van der Waals surface area contributed by atoms with Crippen molar-refractivity contribution in [2.45, 2.75) is 25.8 Å². The summed E-state index contributed by atoms with van der Waals surface area (Å²) < 4.78 is 3.59. The summed E-state index contributed by atoms with van der Waals surface area (Å²) >= 11 is 0. The quantitative estimate of drug-likeness (QED) is 0.726. The van der Waals surface area contributed by atoms with Crippen LogP contribution in [0, 0.1) is 0 Å². The highest BCUT2D eigenvalue weighted by Gasteiger charge is 2.06. The molecule has 2 heterocycles. The Kier molecular flexibility index (Phi) is 5.05. The maximum absolute atomic E-state index is 12.0. The van der Waals surface area contributed by atoms with Gasteiger partial charge >= 0.3 is 0 Å². The minimum absolute atomic E-state index is 0.0125. The number of hydrogen-bond acceptors (Lipinski definition) is 3. The number of aromatic nitrogens is 4. The van der Waals surface area contributed by atoms with Gasteiger partial charge in [-0.25, -0.2) is 0 Å². The standard InChI is InChI=1S/C18H21N5O/c1-22-13-16(11-19-22)7-8-18(24)21-17-12-20-23(14-17)10-9-15-5-3-2-4-6-15/h2-6,11-14H,7-10H2,1H3,(H,21,24). The Labute approximate surface area is 141 Å². The largest absolute Gasteiger partial charge is 0.323 e. The molecule has 0 saturated heterocycles. The van der Waals surface area contributed by atoms with Crippen molar-refractivity contribution in [3.05, 3.63) is 66.2 Å². The molecule has 1 amide bonds. The van der Waals surface area contributed by atoms with E-state index in [1.807, 2.05) is 42.3 Å². The Bertz CT molecular complexity index is 791. The number of carbonyl (C=O) groups is 1. The van der Waals surface area contributed by atoms with E-state index in [2.05, 4.69) is 27.6 Å². The van der Waals surface area contributed by atoms with Gasteiger partial charge in [-0.05, 0) is 24.0 Å². The molecule has 0 bridgehead atoms. The van der Waals surface area contributed by atoms with E-state index in [0.717, 1.165) is 24.2 Å². The van der Waals surface area contributed by atoms with Crippen LogP contribution in [0.5, 0.6) is 0 Å². The minimum Gasteiger partial charge on any atom is -0.323 e. The lowest BCUT2D eigenvalue weighted by Crippen LogP contribution is -2.11. The first kappa shape index (κ1) is 16.0. The average molecular weight is 323 g/mol. The Morgan fingerprint density at radius 1 is 1.04 bits per heavy atom. The summed E-state index contributed by atoms with van der Waals surface area (Å²) in [5.74, 6) is -0.0125. The predicted molar refractivity (Wildman–Crippen MR) is 92.5 cm³/mol. The molecule has 0 spiro atoms. The summed E-state index contributed by atoms with van der Waals surface area (Å²) in [6.07, 6.45) is 9.29. The third kappa shape index (κ3) is 4.55. The zero-order valence-electron chi connectivity index (χ0n) is 13.7. The number of nitrogens with one attached hydrogen (secondary N) is 1. The lowest BCUT2D eigenvalue weighted by molar-refractivity contribution is -0.116. The summed E-state index contributed by atoms with van der Waals surface area (Å²) in [4.78, 5) is 12.0. The van der Waals surface area contributed by atoms with Crippen LogP contribution < -0.4 is 5.32 Å². The molecule has 0 radical (unpaired) electrons. The number of amides is 1. The lowest BCUT2D eigenvalue weighted by Gasteiger charge is -2.02. The number of nitrogens with zero attached hydrogens (tertiary/aromatic N) is 4. The Morgan fingerprint density at radius 3 is 2.62 bits per heavy atom. The molecule has 0 aliphatic heterocycles. The van der Waals surface area contributed by atoms with E-state index in [4.69, 9.17) is 0 Å². The van der Waals surface area contributed by atoms with Crippen LogP contribution in [0.15, 0.2) is 55.1 Å². The fraction of sp³-hybridized carbons (Fsp3) is 0.278. The van der Waals surface area contributed by atoms with Crippen LogP contribution in [0.25, 0.3) is 0 Å². The molecule has 1 aromatic carbocycles. The summed E-state index contributed by atoms with van der Waals surface area (Å²) in [5.41, 5.74) is 3.07. The molecule has 124 valence electrons. The number of hydrogen-bond donors (Lipinski definition) is 1. The first-order valence-corrected chi connectivity index (χ1v) is 8.03. The number of rotatable bonds is 7. The second-order valence-electron chi connectivity index (χ2n) is 5.80. The highest BCUT2D eigenvalue weighted by molar-refractivity contribution is 5.90. The van der Waals surface area contributed by atoms with Crippen LogP contribution >= 0.6 is 0 Å². The Morgan fingerprint density at radius 2 is 1.88 bits per heavy atom. The molecule has 0 aliphatic carbocycles. The predicted octanol–water partition coefficient (Wildman–Crippen LogP) is 2.43. The third-order valence-corrected chi connectivity index (χ3v) is 3.79. The molecule has 6 heteroatoms. The number of anilines is 1. The molecule has 0 fully saturated rings. The van der Waals surface area contributed by atoms with Gasteiger partial charge in [0.05, 0.1) is 18.1 Å². The van der Waals surface area contributed by atoms with Gasteiger partial charge < -0.3 is 5.32 Å². The molecule has 6 nitrogen and oxygen atoms in total. The summed E-state index contributed by atoms with van der Waals surface area (Å²) in [7, 11) is 1.87. The highest BCUT2D eigenvalue weighted by Crippen LogP contribution is 2.09. The average Bonchev–Trinajstić information content (AvgIpc) is 3.21. The van der Waals surface area contributed by atoms with Gasteiger partial charge in [0.25, 0.3) is 0 Å². The highest BCUT2D eigenvalue weighted by atomic mass is 16.1. The van der Waals surface area contributed by atoms with Gasteiger partial charge in [-0.1, -0.05) is 30.3 Å². The van der Waals surface area contributed by atoms with Crippen LogP contribution in [-0.4, -0.2) is 25.5 Å². The van der Waals surface area contributed by atoms with Crippen LogP contribution in [0.2, 0.25) is 0 Å². The van der Waals surface area contributed by atoms with Crippen molar-refractivity contribution in [3.63, 3.8) is 0 Å². The zero-order valence-corrected chi connectivity index (χ0v) is 13.7. The molecule has 3 aromatic rings. The zero-order chi connectivity index (χ0) is 16.8. The van der Waals surface area contributed by atoms with Crippen LogP contribution in [0.1, 0.15) is 17.5 Å². The third-order valence-electron chi connectivity index (χ3n) is 3.79. The van der Waals surface area contributed by atoms with Gasteiger partial charge in [0.2, 0.25) is 5.91 Å². The topological polar surface area (TPSA) is 64.7 Å². The molecule has 1 N–H and O–H groups in total. The summed E-state index contributed by atoms with van der Waals surface area (Å²) in [6, 6.07) is 10.3. The normalized spacial score (nSPS) is 10.7. The molecule has 0 saturated carbocycles. The van der Waals surface area contributed by atoms with Crippen LogP contribution in [-0.2, 0) is 31.2 Å². The van der Waals surface area contributed by atoms with Gasteiger partial charge in [0.15, 0.2) is 0 Å². The first-order chi connectivity index (χ1) is 11.7. The van der Waals surface area contributed by atoms with E-state index in [1.54, 1.807) is 17.1 Å². The number of aryl methyl sites for hydroxylation is 4. The van der Waals surface area contributed by atoms with Crippen molar-refractivity contribution in [3.8, 4) is 0 Å². The molecule has 0 unspecified atom stereocenters. The van der Waals surface area contributed by atoms with Crippen molar-refractivity contribution in [1.29, 1.82) is 0 Å². The van der Waals surface area contributed by atoms with Gasteiger partial charge in [-0.2, -0.15) is 10.2 Å². The van der Waals surface area contributed by atoms with Crippen molar-refractivity contribution in [2.24, 2.45) is 7.05 Å². The summed E-state index contributed by atoms with van der Waals surface area (Å²) in [5, 5.41) is 11.3. The fourth-order valence-corrected chi connectivity index (χ4v) is 2.52. The van der Waals surface area contributed by atoms with Gasteiger partial charge in [0, 0.05) is 32.4 Å². The lowest BCUT2D eigenvalue weighted by atomic mass is 10.1. The maximum Gasteiger partial charge on any atom is 0.224 e. The van der Waals surface area contributed by atoms with Crippen LogP contribution in [0.4, 0.5) is 5.69 Å². The van der Waals surface area contributed by atoms with E-state index < -0.39 is 0 Å². The van der Waals surface area contributed by atoms with Crippen molar-refractivity contribution in [1.82, 2.24) is 19.6 Å². The van der Waals surface area contributed by atoms with Crippen molar-refractivity contribution in [2.75, 3.05) is 5.32 Å². The first-order valence-electron chi connectivity index (χ1n) is 8.03. The molecule has 2 aromatic heterocycles. The minimum atomic E-state index is -0.0125. The van der Waals surface area contributed by atoms with Gasteiger partial charge in [-0.15, -0.1) is 0 Å². The van der Waals surface area contributed by atoms with E-state index in [9.17, 15) is 4.79 Å². The van der Waals surface area contributed by atoms with Crippen LogP contribution in [0.3, 0.4) is 0 Å². The van der Waals surface area contributed by atoms with E-state index in [-0.39, 0.29) is 5.91 Å². The summed E-state index contributed by atoms with van der Waals surface area (Å²) in [6.45, 7) is 0.787. The monoisotopic (exact) mass is 323 g/mol. The number of benzene rings is 1. The molecule has 3 rings (SSSR count).